The number of benzene rings is 2. The van der Waals surface area contributed by atoms with Gasteiger partial charge in [-0.05, 0) is 48.2 Å². The highest BCUT2D eigenvalue weighted by atomic mass is 32.2. The first-order valence-electron chi connectivity index (χ1n) is 7.68. The molecule has 0 radical (unpaired) electrons. The van der Waals surface area contributed by atoms with Crippen LogP contribution >= 0.6 is 11.8 Å². The quantitative estimate of drug-likeness (QED) is 0.841. The van der Waals surface area contributed by atoms with Gasteiger partial charge in [0.1, 0.15) is 5.82 Å². The maximum atomic E-state index is 13.5. The summed E-state index contributed by atoms with van der Waals surface area (Å²) in [6.45, 7) is 0. The van der Waals surface area contributed by atoms with Crippen molar-refractivity contribution < 1.29 is 9.18 Å². The average molecular weight is 330 g/mol. The number of aryl methyl sites for hydroxylation is 1. The van der Waals surface area contributed by atoms with Crippen LogP contribution in [0, 0.1) is 5.82 Å². The predicted octanol–water partition coefficient (Wildman–Crippen LogP) is 3.69. The Hall–Kier alpha value is -2.01. The van der Waals surface area contributed by atoms with Crippen LogP contribution in [0.3, 0.4) is 0 Å². The molecule has 3 N–H and O–H groups in total. The highest BCUT2D eigenvalue weighted by molar-refractivity contribution is 7.99. The van der Waals surface area contributed by atoms with E-state index in [4.69, 9.17) is 5.73 Å². The van der Waals surface area contributed by atoms with Crippen molar-refractivity contribution in [1.82, 2.24) is 5.32 Å². The van der Waals surface area contributed by atoms with Gasteiger partial charge in [0.25, 0.3) is 0 Å². The summed E-state index contributed by atoms with van der Waals surface area (Å²) in [5, 5.41) is 3.03. The van der Waals surface area contributed by atoms with Gasteiger partial charge in [0, 0.05) is 22.8 Å². The van der Waals surface area contributed by atoms with Crippen molar-refractivity contribution in [3.8, 4) is 0 Å². The molecule has 2 aromatic carbocycles. The van der Waals surface area contributed by atoms with Crippen LogP contribution in [0.15, 0.2) is 47.4 Å². The zero-order valence-corrected chi connectivity index (χ0v) is 13.5. The zero-order chi connectivity index (χ0) is 16.2. The second-order valence-electron chi connectivity index (χ2n) is 5.64. The van der Waals surface area contributed by atoms with Gasteiger partial charge in [0.15, 0.2) is 0 Å². The Balaban J connectivity index is 1.63. The molecule has 0 bridgehead atoms. The molecule has 0 aromatic heterocycles. The van der Waals surface area contributed by atoms with E-state index < -0.39 is 0 Å². The number of halogens is 1. The van der Waals surface area contributed by atoms with Crippen molar-refractivity contribution in [2.75, 3.05) is 11.5 Å². The first-order chi connectivity index (χ1) is 11.1. The predicted molar refractivity (Wildman–Crippen MR) is 91.8 cm³/mol. The minimum absolute atomic E-state index is 0.0274. The molecule has 0 saturated heterocycles. The number of fused-ring (bicyclic) bond motifs is 1. The lowest BCUT2D eigenvalue weighted by Gasteiger charge is -2.26. The molecule has 0 fully saturated rings. The Morgan fingerprint density at radius 1 is 1.30 bits per heavy atom. The molecule has 1 aliphatic rings. The molecule has 120 valence electrons. The number of carbonyl (C=O) groups is 1. The summed E-state index contributed by atoms with van der Waals surface area (Å²) in [6.07, 6.45) is 1.80. The number of nitrogens with one attached hydrogen (secondary N) is 1. The fourth-order valence-corrected chi connectivity index (χ4v) is 3.90. The standard InChI is InChI=1S/C18H19FN2OS/c19-13-6-7-17-14(11-13)16(9-10-23-17)21-18(22)8-5-12-3-1-2-4-15(12)20/h1-4,6-7,11,16H,5,8-10,20H2,(H,21,22). The maximum Gasteiger partial charge on any atom is 0.220 e. The van der Waals surface area contributed by atoms with E-state index in [-0.39, 0.29) is 17.8 Å². The number of para-hydroxylation sites is 1. The van der Waals surface area contributed by atoms with E-state index in [0.717, 1.165) is 28.2 Å². The van der Waals surface area contributed by atoms with E-state index in [1.54, 1.807) is 17.8 Å². The SMILES string of the molecule is Nc1ccccc1CCC(=O)NC1CCSc2ccc(F)cc21. The summed E-state index contributed by atoms with van der Waals surface area (Å²) in [5.41, 5.74) is 8.47. The molecule has 0 aliphatic carbocycles. The van der Waals surface area contributed by atoms with Crippen LogP contribution < -0.4 is 11.1 Å². The molecule has 0 saturated carbocycles. The smallest absolute Gasteiger partial charge is 0.220 e. The van der Waals surface area contributed by atoms with Gasteiger partial charge in [-0.3, -0.25) is 4.79 Å². The van der Waals surface area contributed by atoms with Gasteiger partial charge in [-0.1, -0.05) is 18.2 Å². The van der Waals surface area contributed by atoms with E-state index in [2.05, 4.69) is 5.32 Å². The third-order valence-electron chi connectivity index (χ3n) is 4.02. The number of nitrogens with two attached hydrogens (primary N) is 1. The summed E-state index contributed by atoms with van der Waals surface area (Å²) in [7, 11) is 0. The van der Waals surface area contributed by atoms with Gasteiger partial charge in [-0.2, -0.15) is 0 Å². The highest BCUT2D eigenvalue weighted by Crippen LogP contribution is 2.36. The molecular formula is C18H19FN2OS. The van der Waals surface area contributed by atoms with Gasteiger partial charge in [0.05, 0.1) is 6.04 Å². The molecule has 1 unspecified atom stereocenters. The van der Waals surface area contributed by atoms with Crippen molar-refractivity contribution in [2.45, 2.75) is 30.2 Å². The summed E-state index contributed by atoms with van der Waals surface area (Å²) < 4.78 is 13.5. The number of carbonyl (C=O) groups excluding carboxylic acids is 1. The van der Waals surface area contributed by atoms with Crippen LogP contribution in [0.2, 0.25) is 0 Å². The fraction of sp³-hybridized carbons (Fsp3) is 0.278. The zero-order valence-electron chi connectivity index (χ0n) is 12.7. The lowest BCUT2D eigenvalue weighted by Crippen LogP contribution is -2.30. The van der Waals surface area contributed by atoms with Crippen molar-refractivity contribution in [2.24, 2.45) is 0 Å². The number of anilines is 1. The highest BCUT2D eigenvalue weighted by Gasteiger charge is 2.22. The van der Waals surface area contributed by atoms with Gasteiger partial charge in [-0.25, -0.2) is 4.39 Å². The number of hydrogen-bond acceptors (Lipinski definition) is 3. The van der Waals surface area contributed by atoms with Gasteiger partial charge in [-0.15, -0.1) is 11.8 Å². The van der Waals surface area contributed by atoms with Crippen molar-refractivity contribution in [3.63, 3.8) is 0 Å². The number of hydrogen-bond donors (Lipinski definition) is 2. The molecule has 1 heterocycles. The van der Waals surface area contributed by atoms with E-state index in [1.807, 2.05) is 24.3 Å². The molecule has 3 rings (SSSR count). The number of rotatable bonds is 4. The molecular weight excluding hydrogens is 311 g/mol. The van der Waals surface area contributed by atoms with Crippen LogP contribution in [-0.4, -0.2) is 11.7 Å². The normalized spacial score (nSPS) is 16.7. The number of thioether (sulfide) groups is 1. The molecule has 23 heavy (non-hydrogen) atoms. The minimum Gasteiger partial charge on any atom is -0.399 e. The van der Waals surface area contributed by atoms with Crippen molar-refractivity contribution >= 4 is 23.4 Å². The fourth-order valence-electron chi connectivity index (χ4n) is 2.79. The van der Waals surface area contributed by atoms with Crippen molar-refractivity contribution in [1.29, 1.82) is 0 Å². The summed E-state index contributed by atoms with van der Waals surface area (Å²) in [4.78, 5) is 13.3. The van der Waals surface area contributed by atoms with Crippen LogP contribution in [0.4, 0.5) is 10.1 Å². The average Bonchev–Trinajstić information content (AvgIpc) is 2.55. The second-order valence-corrected chi connectivity index (χ2v) is 6.77. The van der Waals surface area contributed by atoms with E-state index >= 15 is 0 Å². The Labute approximate surface area is 139 Å². The summed E-state index contributed by atoms with van der Waals surface area (Å²) in [6, 6.07) is 12.2. The molecule has 2 aromatic rings. The van der Waals surface area contributed by atoms with Gasteiger partial charge >= 0.3 is 0 Å². The topological polar surface area (TPSA) is 55.1 Å². The third-order valence-corrected chi connectivity index (χ3v) is 5.15. The van der Waals surface area contributed by atoms with E-state index in [0.29, 0.717) is 18.5 Å². The van der Waals surface area contributed by atoms with Crippen molar-refractivity contribution in [3.05, 3.63) is 59.4 Å². The van der Waals surface area contributed by atoms with E-state index in [9.17, 15) is 9.18 Å². The lowest BCUT2D eigenvalue weighted by molar-refractivity contribution is -0.121. The Bertz CT molecular complexity index is 720. The monoisotopic (exact) mass is 330 g/mol. The number of amides is 1. The van der Waals surface area contributed by atoms with Crippen LogP contribution in [-0.2, 0) is 11.2 Å². The molecule has 1 aliphatic heterocycles. The first-order valence-corrected chi connectivity index (χ1v) is 8.67. The van der Waals surface area contributed by atoms with Gasteiger partial charge < -0.3 is 11.1 Å². The molecule has 0 spiro atoms. The van der Waals surface area contributed by atoms with Crippen LogP contribution in [0.5, 0.6) is 0 Å². The largest absolute Gasteiger partial charge is 0.399 e. The second kappa shape index (κ2) is 7.04. The Morgan fingerprint density at radius 2 is 2.13 bits per heavy atom. The third kappa shape index (κ3) is 3.85. The first kappa shape index (κ1) is 15.9. The Kier molecular flexibility index (Phi) is 4.86. The summed E-state index contributed by atoms with van der Waals surface area (Å²) >= 11 is 1.71. The van der Waals surface area contributed by atoms with Gasteiger partial charge in [0.2, 0.25) is 5.91 Å². The summed E-state index contributed by atoms with van der Waals surface area (Å²) in [5.74, 6) is 0.637. The maximum absolute atomic E-state index is 13.5. The molecule has 5 heteroatoms. The van der Waals surface area contributed by atoms with Crippen LogP contribution in [0.1, 0.15) is 30.0 Å². The van der Waals surface area contributed by atoms with Crippen LogP contribution in [0.25, 0.3) is 0 Å². The molecule has 3 nitrogen and oxygen atoms in total. The van der Waals surface area contributed by atoms with E-state index in [1.165, 1.54) is 12.1 Å². The number of nitrogen functional groups attached to an aromatic ring is 1. The molecule has 1 amide bonds. The lowest BCUT2D eigenvalue weighted by atomic mass is 10.0. The Morgan fingerprint density at radius 3 is 2.96 bits per heavy atom. The minimum atomic E-state index is -0.262. The molecule has 1 atom stereocenters.